The number of hydrogen-bond donors (Lipinski definition) is 0. The fourth-order valence-electron chi connectivity index (χ4n) is 3.15. The molecule has 1 aliphatic heterocycles. The zero-order chi connectivity index (χ0) is 17.2. The number of anilines is 2. The van der Waals surface area contributed by atoms with Crippen molar-refractivity contribution in [1.82, 2.24) is 10.1 Å². The first-order chi connectivity index (χ1) is 12.3. The fraction of sp³-hybridized carbons (Fsp3) is 0.263. The molecule has 1 aromatic heterocycles. The fourth-order valence-corrected chi connectivity index (χ4v) is 3.15. The van der Waals surface area contributed by atoms with Gasteiger partial charge in [0.25, 0.3) is 0 Å². The SMILES string of the molecule is COc1ccc(-c2noc(N3CCCc4ccccc43)n2)cc1OC. The van der Waals surface area contributed by atoms with Crippen molar-refractivity contribution < 1.29 is 14.0 Å². The van der Waals surface area contributed by atoms with Crippen LogP contribution >= 0.6 is 0 Å². The first-order valence-electron chi connectivity index (χ1n) is 8.21. The Morgan fingerprint density at radius 3 is 2.72 bits per heavy atom. The highest BCUT2D eigenvalue weighted by Crippen LogP contribution is 2.35. The topological polar surface area (TPSA) is 60.6 Å². The molecule has 6 nitrogen and oxygen atoms in total. The van der Waals surface area contributed by atoms with E-state index in [1.54, 1.807) is 14.2 Å². The van der Waals surface area contributed by atoms with Crippen molar-refractivity contribution in [3.05, 3.63) is 48.0 Å². The van der Waals surface area contributed by atoms with Crippen LogP contribution in [0.4, 0.5) is 11.7 Å². The summed E-state index contributed by atoms with van der Waals surface area (Å²) < 4.78 is 16.2. The number of nitrogens with zero attached hydrogens (tertiary/aromatic N) is 3. The second kappa shape index (κ2) is 6.47. The third-order valence-corrected chi connectivity index (χ3v) is 4.40. The smallest absolute Gasteiger partial charge is 0.328 e. The minimum Gasteiger partial charge on any atom is -0.493 e. The second-order valence-electron chi connectivity index (χ2n) is 5.85. The summed E-state index contributed by atoms with van der Waals surface area (Å²) in [5.41, 5.74) is 3.26. The lowest BCUT2D eigenvalue weighted by atomic mass is 10.0. The molecule has 0 radical (unpaired) electrons. The first kappa shape index (κ1) is 15.5. The molecule has 0 saturated carbocycles. The van der Waals surface area contributed by atoms with Crippen LogP contribution in [0.5, 0.6) is 11.5 Å². The van der Waals surface area contributed by atoms with Gasteiger partial charge in [-0.3, -0.25) is 4.90 Å². The van der Waals surface area contributed by atoms with Gasteiger partial charge >= 0.3 is 6.01 Å². The van der Waals surface area contributed by atoms with E-state index in [9.17, 15) is 0 Å². The minimum absolute atomic E-state index is 0.511. The zero-order valence-electron chi connectivity index (χ0n) is 14.2. The van der Waals surface area contributed by atoms with Crippen LogP contribution in [0.25, 0.3) is 11.4 Å². The quantitative estimate of drug-likeness (QED) is 0.721. The zero-order valence-corrected chi connectivity index (χ0v) is 14.2. The van der Waals surface area contributed by atoms with E-state index >= 15 is 0 Å². The number of para-hydroxylation sites is 1. The molecule has 1 aliphatic rings. The average Bonchev–Trinajstić information content (AvgIpc) is 3.17. The number of fused-ring (bicyclic) bond motifs is 1. The molecule has 0 bridgehead atoms. The maximum Gasteiger partial charge on any atom is 0.328 e. The van der Waals surface area contributed by atoms with E-state index in [1.165, 1.54) is 5.56 Å². The van der Waals surface area contributed by atoms with Crippen LogP contribution in [0, 0.1) is 0 Å². The van der Waals surface area contributed by atoms with Gasteiger partial charge < -0.3 is 14.0 Å². The van der Waals surface area contributed by atoms with Crippen molar-refractivity contribution in [2.45, 2.75) is 12.8 Å². The van der Waals surface area contributed by atoms with Crippen molar-refractivity contribution in [2.24, 2.45) is 0 Å². The highest BCUT2D eigenvalue weighted by atomic mass is 16.5. The number of benzene rings is 2. The molecule has 0 aliphatic carbocycles. The molecular weight excluding hydrogens is 318 g/mol. The minimum atomic E-state index is 0.511. The normalized spacial score (nSPS) is 13.4. The molecule has 4 rings (SSSR count). The number of methoxy groups -OCH3 is 2. The van der Waals surface area contributed by atoms with Crippen molar-refractivity contribution in [3.8, 4) is 22.9 Å². The van der Waals surface area contributed by atoms with Crippen LogP contribution in [0.2, 0.25) is 0 Å². The molecule has 3 aromatic rings. The highest BCUT2D eigenvalue weighted by molar-refractivity contribution is 5.65. The van der Waals surface area contributed by atoms with Gasteiger partial charge in [-0.05, 0) is 42.7 Å². The predicted octanol–water partition coefficient (Wildman–Crippen LogP) is 3.84. The summed E-state index contributed by atoms with van der Waals surface area (Å²) in [5, 5.41) is 4.14. The second-order valence-corrected chi connectivity index (χ2v) is 5.85. The molecule has 2 heterocycles. The molecule has 0 spiro atoms. The standard InChI is InChI=1S/C19H19N3O3/c1-23-16-10-9-14(12-17(16)24-2)18-20-19(25-21-18)22-11-5-7-13-6-3-4-8-15(13)22/h3-4,6,8-10,12H,5,7,11H2,1-2H3. The number of ether oxygens (including phenoxy) is 2. The van der Waals surface area contributed by atoms with E-state index in [-0.39, 0.29) is 0 Å². The first-order valence-corrected chi connectivity index (χ1v) is 8.21. The van der Waals surface area contributed by atoms with E-state index in [0.29, 0.717) is 23.3 Å². The molecule has 128 valence electrons. The van der Waals surface area contributed by atoms with Crippen molar-refractivity contribution in [1.29, 1.82) is 0 Å². The van der Waals surface area contributed by atoms with Crippen LogP contribution in [-0.2, 0) is 6.42 Å². The molecular formula is C19H19N3O3. The molecule has 2 aromatic carbocycles. The molecule has 0 saturated heterocycles. The summed E-state index contributed by atoms with van der Waals surface area (Å²) in [4.78, 5) is 6.67. The Morgan fingerprint density at radius 1 is 1.04 bits per heavy atom. The Balaban J connectivity index is 1.68. The lowest BCUT2D eigenvalue weighted by Crippen LogP contribution is -2.24. The number of aryl methyl sites for hydroxylation is 1. The molecule has 0 atom stereocenters. The van der Waals surface area contributed by atoms with E-state index in [2.05, 4.69) is 33.2 Å². The lowest BCUT2D eigenvalue weighted by molar-refractivity contribution is 0.355. The molecule has 25 heavy (non-hydrogen) atoms. The third-order valence-electron chi connectivity index (χ3n) is 4.40. The maximum atomic E-state index is 5.54. The Labute approximate surface area is 146 Å². The summed E-state index contributed by atoms with van der Waals surface area (Å²) in [7, 11) is 3.21. The molecule has 0 fully saturated rings. The van der Waals surface area contributed by atoms with E-state index < -0.39 is 0 Å². The van der Waals surface area contributed by atoms with Crippen LogP contribution in [-0.4, -0.2) is 30.9 Å². The number of rotatable bonds is 4. The van der Waals surface area contributed by atoms with Gasteiger partial charge in [-0.2, -0.15) is 4.98 Å². The summed E-state index contributed by atoms with van der Waals surface area (Å²) in [6.07, 6.45) is 2.13. The maximum absolute atomic E-state index is 5.54. The molecule has 6 heteroatoms. The largest absolute Gasteiger partial charge is 0.493 e. The Kier molecular flexibility index (Phi) is 4.01. The van der Waals surface area contributed by atoms with E-state index in [4.69, 9.17) is 14.0 Å². The van der Waals surface area contributed by atoms with Crippen LogP contribution in [0.1, 0.15) is 12.0 Å². The summed E-state index contributed by atoms with van der Waals surface area (Å²) in [6, 6.07) is 14.4. The van der Waals surface area contributed by atoms with Gasteiger partial charge in [0.05, 0.1) is 14.2 Å². The van der Waals surface area contributed by atoms with Gasteiger partial charge in [-0.25, -0.2) is 0 Å². The summed E-state index contributed by atoms with van der Waals surface area (Å²) in [5.74, 6) is 1.83. The molecule has 0 amide bonds. The lowest BCUT2D eigenvalue weighted by Gasteiger charge is -2.27. The monoisotopic (exact) mass is 337 g/mol. The van der Waals surface area contributed by atoms with Gasteiger partial charge in [0.15, 0.2) is 11.5 Å². The van der Waals surface area contributed by atoms with Crippen molar-refractivity contribution >= 4 is 11.7 Å². The molecule has 0 unspecified atom stereocenters. The average molecular weight is 337 g/mol. The van der Waals surface area contributed by atoms with Crippen molar-refractivity contribution in [2.75, 3.05) is 25.7 Å². The highest BCUT2D eigenvalue weighted by Gasteiger charge is 2.23. The van der Waals surface area contributed by atoms with E-state index in [1.807, 2.05) is 24.3 Å². The Morgan fingerprint density at radius 2 is 1.88 bits per heavy atom. The van der Waals surface area contributed by atoms with Crippen LogP contribution < -0.4 is 14.4 Å². The van der Waals surface area contributed by atoms with E-state index in [0.717, 1.165) is 30.6 Å². The number of hydrogen-bond acceptors (Lipinski definition) is 6. The van der Waals surface area contributed by atoms with Crippen molar-refractivity contribution in [3.63, 3.8) is 0 Å². The van der Waals surface area contributed by atoms with Gasteiger partial charge in [0, 0.05) is 17.8 Å². The van der Waals surface area contributed by atoms with Gasteiger partial charge in [-0.15, -0.1) is 0 Å². The summed E-state index contributed by atoms with van der Waals surface area (Å²) >= 11 is 0. The Bertz CT molecular complexity index is 891. The number of aromatic nitrogens is 2. The predicted molar refractivity (Wildman–Crippen MR) is 94.6 cm³/mol. The van der Waals surface area contributed by atoms with Crippen LogP contribution in [0.3, 0.4) is 0 Å². The summed E-state index contributed by atoms with van der Waals surface area (Å²) in [6.45, 7) is 0.866. The molecule has 0 N–H and O–H groups in total. The van der Waals surface area contributed by atoms with Crippen LogP contribution in [0.15, 0.2) is 47.0 Å². The third kappa shape index (κ3) is 2.80. The van der Waals surface area contributed by atoms with Gasteiger partial charge in [0.2, 0.25) is 5.82 Å². The van der Waals surface area contributed by atoms with Gasteiger partial charge in [0.1, 0.15) is 0 Å². The Hall–Kier alpha value is -3.02. The van der Waals surface area contributed by atoms with Gasteiger partial charge in [-0.1, -0.05) is 23.4 Å².